The molecule has 0 saturated heterocycles. The molecule has 0 bridgehead atoms. The number of H-pyrrole nitrogens is 1. The fourth-order valence-corrected chi connectivity index (χ4v) is 1.69. The Morgan fingerprint density at radius 1 is 1.44 bits per heavy atom. The molecule has 3 N–H and O–H groups in total. The molecular formula is C11H14N2O3. The van der Waals surface area contributed by atoms with E-state index in [1.165, 1.54) is 16.7 Å². The lowest BCUT2D eigenvalue weighted by molar-refractivity contribution is 0.0617. The highest BCUT2D eigenvalue weighted by molar-refractivity contribution is 5.76. The van der Waals surface area contributed by atoms with Crippen molar-refractivity contribution < 1.29 is 10.2 Å². The van der Waals surface area contributed by atoms with Gasteiger partial charge in [-0.05, 0) is 26.0 Å². The van der Waals surface area contributed by atoms with E-state index in [0.717, 1.165) is 0 Å². The Hall–Kier alpha value is -1.75. The van der Waals surface area contributed by atoms with E-state index < -0.39 is 5.60 Å². The van der Waals surface area contributed by atoms with Gasteiger partial charge in [-0.15, -0.1) is 0 Å². The fourth-order valence-electron chi connectivity index (χ4n) is 1.69. The number of phenols is 1. The molecule has 1 aromatic heterocycles. The van der Waals surface area contributed by atoms with Gasteiger partial charge in [0.25, 0.3) is 0 Å². The SMILES string of the molecule is CC(C)(O)Cn1c(=O)[nH]c2ccc(O)cc21. The third kappa shape index (κ3) is 1.94. The van der Waals surface area contributed by atoms with Crippen molar-refractivity contribution in [3.05, 3.63) is 28.7 Å². The summed E-state index contributed by atoms with van der Waals surface area (Å²) < 4.78 is 1.41. The predicted molar refractivity (Wildman–Crippen MR) is 60.5 cm³/mol. The van der Waals surface area contributed by atoms with Gasteiger partial charge in [0.2, 0.25) is 0 Å². The van der Waals surface area contributed by atoms with Crippen molar-refractivity contribution >= 4 is 11.0 Å². The highest BCUT2D eigenvalue weighted by Gasteiger charge is 2.17. The molecule has 0 atom stereocenters. The Morgan fingerprint density at radius 2 is 2.12 bits per heavy atom. The molecule has 0 unspecified atom stereocenters. The molecule has 5 nitrogen and oxygen atoms in total. The van der Waals surface area contributed by atoms with Crippen LogP contribution in [0, 0.1) is 0 Å². The van der Waals surface area contributed by atoms with Crippen LogP contribution in [0.25, 0.3) is 11.0 Å². The number of hydrogen-bond acceptors (Lipinski definition) is 3. The molecule has 86 valence electrons. The third-order valence-corrected chi connectivity index (χ3v) is 2.30. The van der Waals surface area contributed by atoms with Gasteiger partial charge in [0, 0.05) is 6.07 Å². The van der Waals surface area contributed by atoms with Gasteiger partial charge in [-0.25, -0.2) is 4.79 Å². The first kappa shape index (κ1) is 10.8. The molecule has 0 saturated carbocycles. The third-order valence-electron chi connectivity index (χ3n) is 2.30. The van der Waals surface area contributed by atoms with Crippen LogP contribution in [-0.4, -0.2) is 25.4 Å². The second kappa shape index (κ2) is 3.38. The smallest absolute Gasteiger partial charge is 0.326 e. The van der Waals surface area contributed by atoms with Gasteiger partial charge in [-0.2, -0.15) is 0 Å². The number of hydrogen-bond donors (Lipinski definition) is 3. The molecule has 0 spiro atoms. The van der Waals surface area contributed by atoms with Crippen molar-refractivity contribution in [1.29, 1.82) is 0 Å². The first-order chi connectivity index (χ1) is 7.37. The molecule has 0 aliphatic rings. The average molecular weight is 222 g/mol. The summed E-state index contributed by atoms with van der Waals surface area (Å²) in [5.74, 6) is 0.0935. The van der Waals surface area contributed by atoms with Gasteiger partial charge >= 0.3 is 5.69 Å². The van der Waals surface area contributed by atoms with Crippen molar-refractivity contribution in [2.45, 2.75) is 26.0 Å². The number of imidazole rings is 1. The summed E-state index contributed by atoms with van der Waals surface area (Å²) in [4.78, 5) is 14.3. The van der Waals surface area contributed by atoms with E-state index >= 15 is 0 Å². The van der Waals surface area contributed by atoms with Crippen molar-refractivity contribution in [3.63, 3.8) is 0 Å². The van der Waals surface area contributed by atoms with Crippen LogP contribution < -0.4 is 5.69 Å². The highest BCUT2D eigenvalue weighted by atomic mass is 16.3. The van der Waals surface area contributed by atoms with E-state index in [1.807, 2.05) is 0 Å². The molecule has 0 radical (unpaired) electrons. The molecule has 1 aromatic carbocycles. The maximum Gasteiger partial charge on any atom is 0.326 e. The van der Waals surface area contributed by atoms with E-state index in [4.69, 9.17) is 0 Å². The van der Waals surface area contributed by atoms with E-state index in [-0.39, 0.29) is 18.0 Å². The second-order valence-corrected chi connectivity index (χ2v) is 4.53. The van der Waals surface area contributed by atoms with Gasteiger partial charge in [-0.3, -0.25) is 4.57 Å². The van der Waals surface area contributed by atoms with Gasteiger partial charge in [0.15, 0.2) is 0 Å². The summed E-state index contributed by atoms with van der Waals surface area (Å²) >= 11 is 0. The minimum atomic E-state index is -0.982. The van der Waals surface area contributed by atoms with Gasteiger partial charge in [0.1, 0.15) is 5.75 Å². The summed E-state index contributed by atoms with van der Waals surface area (Å²) in [6.45, 7) is 3.43. The summed E-state index contributed by atoms with van der Waals surface area (Å²) in [5, 5.41) is 19.1. The predicted octanol–water partition coefficient (Wildman–Crippen LogP) is 0.806. The monoisotopic (exact) mass is 222 g/mol. The highest BCUT2D eigenvalue weighted by Crippen LogP contribution is 2.18. The maximum absolute atomic E-state index is 11.6. The lowest BCUT2D eigenvalue weighted by atomic mass is 10.1. The molecule has 2 rings (SSSR count). The van der Waals surface area contributed by atoms with Gasteiger partial charge in [-0.1, -0.05) is 0 Å². The molecule has 0 aliphatic carbocycles. The van der Waals surface area contributed by atoms with E-state index in [0.29, 0.717) is 11.0 Å². The Bertz CT molecular complexity index is 575. The number of aromatic hydroxyl groups is 1. The molecule has 2 aromatic rings. The van der Waals surface area contributed by atoms with Crippen LogP contribution in [0.5, 0.6) is 5.75 Å². The number of nitrogens with zero attached hydrogens (tertiary/aromatic N) is 1. The molecule has 0 aliphatic heterocycles. The largest absolute Gasteiger partial charge is 0.508 e. The summed E-state index contributed by atoms with van der Waals surface area (Å²) in [6, 6.07) is 4.64. The van der Waals surface area contributed by atoms with Crippen LogP contribution >= 0.6 is 0 Å². The standard InChI is InChI=1S/C11H14N2O3/c1-11(2,16)6-13-9-5-7(14)3-4-8(9)12-10(13)15/h3-5,14,16H,6H2,1-2H3,(H,12,15). The molecule has 5 heteroatoms. The van der Waals surface area contributed by atoms with Crippen molar-refractivity contribution in [2.75, 3.05) is 0 Å². The van der Waals surface area contributed by atoms with Gasteiger partial charge < -0.3 is 15.2 Å². The molecule has 0 fully saturated rings. The van der Waals surface area contributed by atoms with Crippen LogP contribution in [0.1, 0.15) is 13.8 Å². The number of aromatic amines is 1. The van der Waals surface area contributed by atoms with Crippen LogP contribution in [0.2, 0.25) is 0 Å². The second-order valence-electron chi connectivity index (χ2n) is 4.53. The molecular weight excluding hydrogens is 208 g/mol. The summed E-state index contributed by atoms with van der Waals surface area (Å²) in [7, 11) is 0. The number of nitrogens with one attached hydrogen (secondary N) is 1. The fraction of sp³-hybridized carbons (Fsp3) is 0.364. The van der Waals surface area contributed by atoms with Gasteiger partial charge in [0.05, 0.1) is 23.2 Å². The first-order valence-corrected chi connectivity index (χ1v) is 5.01. The van der Waals surface area contributed by atoms with E-state index in [9.17, 15) is 15.0 Å². The number of fused-ring (bicyclic) bond motifs is 1. The average Bonchev–Trinajstić information content (AvgIpc) is 2.42. The zero-order valence-electron chi connectivity index (χ0n) is 9.19. The van der Waals surface area contributed by atoms with Crippen LogP contribution in [0.15, 0.2) is 23.0 Å². The Morgan fingerprint density at radius 3 is 2.75 bits per heavy atom. The van der Waals surface area contributed by atoms with Crippen molar-refractivity contribution in [2.24, 2.45) is 0 Å². The summed E-state index contributed by atoms with van der Waals surface area (Å²) in [5.41, 5.74) is -0.0355. The normalized spacial score (nSPS) is 12.2. The van der Waals surface area contributed by atoms with E-state index in [2.05, 4.69) is 4.98 Å². The topological polar surface area (TPSA) is 78.2 Å². The minimum Gasteiger partial charge on any atom is -0.508 e. The Labute approximate surface area is 92.0 Å². The zero-order valence-corrected chi connectivity index (χ0v) is 9.19. The number of benzene rings is 1. The van der Waals surface area contributed by atoms with Crippen LogP contribution in [0.3, 0.4) is 0 Å². The van der Waals surface area contributed by atoms with E-state index in [1.54, 1.807) is 19.9 Å². The molecule has 1 heterocycles. The number of aromatic nitrogens is 2. The van der Waals surface area contributed by atoms with Crippen molar-refractivity contribution in [3.8, 4) is 5.75 Å². The lowest BCUT2D eigenvalue weighted by Gasteiger charge is -2.17. The van der Waals surface area contributed by atoms with Crippen LogP contribution in [-0.2, 0) is 6.54 Å². The van der Waals surface area contributed by atoms with Crippen molar-refractivity contribution in [1.82, 2.24) is 9.55 Å². The molecule has 0 amide bonds. The maximum atomic E-state index is 11.6. The first-order valence-electron chi connectivity index (χ1n) is 5.01. The number of aliphatic hydroxyl groups is 1. The number of rotatable bonds is 2. The lowest BCUT2D eigenvalue weighted by Crippen LogP contribution is -2.31. The van der Waals surface area contributed by atoms with Crippen LogP contribution in [0.4, 0.5) is 0 Å². The minimum absolute atomic E-state index is 0.0935. The quantitative estimate of drug-likeness (QED) is 0.703. The zero-order chi connectivity index (χ0) is 11.9. The number of phenolic OH excluding ortho intramolecular Hbond substituents is 1. The Kier molecular flexibility index (Phi) is 2.27. The summed E-state index contributed by atoms with van der Waals surface area (Å²) in [6.07, 6.45) is 0. The molecule has 16 heavy (non-hydrogen) atoms. The Balaban J connectivity index is 2.63.